The predicted molar refractivity (Wildman–Crippen MR) is 83.7 cm³/mol. The molecule has 0 spiro atoms. The molecular formula is C16H19ClN4O. The van der Waals surface area contributed by atoms with Crippen LogP contribution < -0.4 is 5.32 Å². The minimum Gasteiger partial charge on any atom is -0.339 e. The van der Waals surface area contributed by atoms with Crippen LogP contribution in [0.1, 0.15) is 42.1 Å². The Kier molecular flexibility index (Phi) is 3.86. The van der Waals surface area contributed by atoms with Gasteiger partial charge in [-0.3, -0.25) is 4.90 Å². The van der Waals surface area contributed by atoms with Crippen LogP contribution in [0.5, 0.6) is 0 Å². The summed E-state index contributed by atoms with van der Waals surface area (Å²) in [6.45, 7) is 3.57. The number of nitrogens with one attached hydrogen (secondary N) is 1. The Hall–Kier alpha value is -1.43. The summed E-state index contributed by atoms with van der Waals surface area (Å²) in [5, 5.41) is 8.37. The monoisotopic (exact) mass is 318 g/mol. The third kappa shape index (κ3) is 3.02. The molecule has 2 fully saturated rings. The first-order valence-electron chi connectivity index (χ1n) is 7.82. The van der Waals surface area contributed by atoms with E-state index in [0.29, 0.717) is 5.92 Å². The maximum Gasteiger partial charge on any atom is 0.229 e. The lowest BCUT2D eigenvalue weighted by molar-refractivity contribution is 0.148. The number of halogens is 1. The Morgan fingerprint density at radius 1 is 1.36 bits per heavy atom. The summed E-state index contributed by atoms with van der Waals surface area (Å²) < 4.78 is 5.37. The van der Waals surface area contributed by atoms with Crippen LogP contribution in [0, 0.1) is 0 Å². The number of aromatic nitrogens is 2. The summed E-state index contributed by atoms with van der Waals surface area (Å²) in [5.74, 6) is 2.10. The molecule has 1 N–H and O–H groups in total. The van der Waals surface area contributed by atoms with Gasteiger partial charge in [0.25, 0.3) is 0 Å². The Morgan fingerprint density at radius 3 is 3.09 bits per heavy atom. The third-order valence-electron chi connectivity index (χ3n) is 4.34. The van der Waals surface area contributed by atoms with Gasteiger partial charge in [-0.2, -0.15) is 4.98 Å². The highest BCUT2D eigenvalue weighted by molar-refractivity contribution is 6.30. The van der Waals surface area contributed by atoms with Crippen LogP contribution in [0.15, 0.2) is 28.8 Å². The molecule has 0 amide bonds. The minimum atomic E-state index is 0.287. The van der Waals surface area contributed by atoms with Crippen LogP contribution in [0.3, 0.4) is 0 Å². The maximum atomic E-state index is 6.14. The molecule has 2 aliphatic rings. The van der Waals surface area contributed by atoms with Gasteiger partial charge in [-0.05, 0) is 30.5 Å². The van der Waals surface area contributed by atoms with Crippen LogP contribution in [-0.2, 0) is 6.54 Å². The first kappa shape index (κ1) is 14.2. The Morgan fingerprint density at radius 2 is 2.27 bits per heavy atom. The van der Waals surface area contributed by atoms with Crippen molar-refractivity contribution in [3.8, 4) is 0 Å². The zero-order valence-corrected chi connectivity index (χ0v) is 13.1. The predicted octanol–water partition coefficient (Wildman–Crippen LogP) is 2.75. The smallest absolute Gasteiger partial charge is 0.229 e. The zero-order valence-electron chi connectivity index (χ0n) is 12.3. The van der Waals surface area contributed by atoms with Crippen molar-refractivity contribution in [2.45, 2.75) is 31.3 Å². The molecule has 1 aliphatic heterocycles. The van der Waals surface area contributed by atoms with E-state index in [1.54, 1.807) is 0 Å². The topological polar surface area (TPSA) is 54.2 Å². The van der Waals surface area contributed by atoms with Gasteiger partial charge in [-0.25, -0.2) is 0 Å². The van der Waals surface area contributed by atoms with Crippen molar-refractivity contribution >= 4 is 11.6 Å². The highest BCUT2D eigenvalue weighted by Gasteiger charge is 2.31. The molecule has 22 heavy (non-hydrogen) atoms. The molecule has 2 heterocycles. The average Bonchev–Trinajstić information content (AvgIpc) is 3.28. The molecule has 116 valence electrons. The van der Waals surface area contributed by atoms with E-state index >= 15 is 0 Å². The van der Waals surface area contributed by atoms with Gasteiger partial charge in [-0.1, -0.05) is 28.9 Å². The van der Waals surface area contributed by atoms with E-state index in [1.807, 2.05) is 18.2 Å². The van der Waals surface area contributed by atoms with Gasteiger partial charge in [0.15, 0.2) is 5.82 Å². The number of hydrogen-bond donors (Lipinski definition) is 1. The quantitative estimate of drug-likeness (QED) is 0.939. The Balaban J connectivity index is 1.52. The van der Waals surface area contributed by atoms with Gasteiger partial charge in [-0.15, -0.1) is 0 Å². The summed E-state index contributed by atoms with van der Waals surface area (Å²) >= 11 is 6.14. The van der Waals surface area contributed by atoms with Gasteiger partial charge in [0, 0.05) is 36.6 Å². The van der Waals surface area contributed by atoms with E-state index in [-0.39, 0.29) is 6.04 Å². The molecule has 1 aliphatic carbocycles. The molecule has 2 aromatic rings. The van der Waals surface area contributed by atoms with Crippen LogP contribution in [0.4, 0.5) is 0 Å². The molecule has 1 atom stereocenters. The number of piperazine rings is 1. The maximum absolute atomic E-state index is 6.14. The number of hydrogen-bond acceptors (Lipinski definition) is 5. The first-order valence-corrected chi connectivity index (χ1v) is 8.20. The summed E-state index contributed by atoms with van der Waals surface area (Å²) in [5.41, 5.74) is 1.23. The van der Waals surface area contributed by atoms with Crippen molar-refractivity contribution in [3.63, 3.8) is 0 Å². The molecule has 1 unspecified atom stereocenters. The van der Waals surface area contributed by atoms with Gasteiger partial charge < -0.3 is 9.84 Å². The highest BCUT2D eigenvalue weighted by atomic mass is 35.5. The largest absolute Gasteiger partial charge is 0.339 e. The van der Waals surface area contributed by atoms with E-state index in [0.717, 1.165) is 42.9 Å². The SMILES string of the molecule is Clc1cccc(C2CNCCN2Cc2noc(C3CC3)n2)c1. The first-order chi connectivity index (χ1) is 10.8. The molecule has 5 nitrogen and oxygen atoms in total. The second kappa shape index (κ2) is 5.99. The van der Waals surface area contributed by atoms with E-state index in [1.165, 1.54) is 18.4 Å². The van der Waals surface area contributed by atoms with Crippen LogP contribution >= 0.6 is 11.6 Å². The lowest BCUT2D eigenvalue weighted by atomic mass is 10.0. The summed E-state index contributed by atoms with van der Waals surface area (Å²) in [6.07, 6.45) is 2.36. The molecule has 1 saturated heterocycles. The molecule has 0 bridgehead atoms. The minimum absolute atomic E-state index is 0.287. The van der Waals surface area contributed by atoms with Crippen molar-refractivity contribution in [1.82, 2.24) is 20.4 Å². The number of nitrogens with zero attached hydrogens (tertiary/aromatic N) is 3. The van der Waals surface area contributed by atoms with Crippen molar-refractivity contribution in [2.24, 2.45) is 0 Å². The fraction of sp³-hybridized carbons (Fsp3) is 0.500. The number of benzene rings is 1. The second-order valence-corrected chi connectivity index (χ2v) is 6.50. The van der Waals surface area contributed by atoms with E-state index < -0.39 is 0 Å². The zero-order chi connectivity index (χ0) is 14.9. The van der Waals surface area contributed by atoms with Crippen LogP contribution in [0.25, 0.3) is 0 Å². The summed E-state index contributed by atoms with van der Waals surface area (Å²) in [7, 11) is 0. The van der Waals surface area contributed by atoms with Gasteiger partial charge >= 0.3 is 0 Å². The van der Waals surface area contributed by atoms with E-state index in [4.69, 9.17) is 16.1 Å². The molecule has 1 aromatic heterocycles. The van der Waals surface area contributed by atoms with Gasteiger partial charge in [0.1, 0.15) is 0 Å². The van der Waals surface area contributed by atoms with E-state index in [9.17, 15) is 0 Å². The second-order valence-electron chi connectivity index (χ2n) is 6.07. The molecule has 1 aromatic carbocycles. The highest BCUT2D eigenvalue weighted by Crippen LogP contribution is 2.39. The Bertz CT molecular complexity index is 655. The van der Waals surface area contributed by atoms with Crippen molar-refractivity contribution in [2.75, 3.05) is 19.6 Å². The summed E-state index contributed by atoms with van der Waals surface area (Å²) in [6, 6.07) is 8.37. The van der Waals surface area contributed by atoms with Crippen molar-refractivity contribution in [1.29, 1.82) is 0 Å². The average molecular weight is 319 g/mol. The molecule has 4 rings (SSSR count). The number of rotatable bonds is 4. The fourth-order valence-corrected chi connectivity index (χ4v) is 3.19. The van der Waals surface area contributed by atoms with Gasteiger partial charge in [0.05, 0.1) is 6.54 Å². The van der Waals surface area contributed by atoms with E-state index in [2.05, 4.69) is 26.4 Å². The van der Waals surface area contributed by atoms with Crippen molar-refractivity contribution in [3.05, 3.63) is 46.6 Å². The van der Waals surface area contributed by atoms with Crippen LogP contribution in [0.2, 0.25) is 5.02 Å². The molecule has 6 heteroatoms. The Labute approximate surface area is 134 Å². The third-order valence-corrected chi connectivity index (χ3v) is 4.58. The summed E-state index contributed by atoms with van der Waals surface area (Å²) in [4.78, 5) is 6.94. The normalized spacial score (nSPS) is 22.9. The van der Waals surface area contributed by atoms with Crippen molar-refractivity contribution < 1.29 is 4.52 Å². The molecular weight excluding hydrogens is 300 g/mol. The molecule has 0 radical (unpaired) electrons. The lowest BCUT2D eigenvalue weighted by Gasteiger charge is -2.35. The van der Waals surface area contributed by atoms with Crippen LogP contribution in [-0.4, -0.2) is 34.7 Å². The lowest BCUT2D eigenvalue weighted by Crippen LogP contribution is -2.45. The standard InChI is InChI=1S/C16H19ClN4O/c17-13-3-1-2-12(8-13)14-9-18-6-7-21(14)10-15-19-16(22-20-15)11-4-5-11/h1-3,8,11,14,18H,4-7,9-10H2. The molecule has 1 saturated carbocycles. The fourth-order valence-electron chi connectivity index (χ4n) is 2.99. The van der Waals surface area contributed by atoms with Gasteiger partial charge in [0.2, 0.25) is 5.89 Å².